The molecule has 0 bridgehead atoms. The maximum absolute atomic E-state index is 6.48. The van der Waals surface area contributed by atoms with Crippen molar-refractivity contribution in [1.82, 2.24) is 20.1 Å². The van der Waals surface area contributed by atoms with Crippen molar-refractivity contribution in [2.24, 2.45) is 0 Å². The van der Waals surface area contributed by atoms with Crippen molar-refractivity contribution < 1.29 is 0 Å². The maximum Gasteiger partial charge on any atom is 0.0761 e. The van der Waals surface area contributed by atoms with Crippen LogP contribution in [0.4, 0.5) is 0 Å². The molecule has 0 aliphatic carbocycles. The van der Waals surface area contributed by atoms with E-state index in [2.05, 4.69) is 32.2 Å². The first-order valence-corrected chi connectivity index (χ1v) is 8.88. The summed E-state index contributed by atoms with van der Waals surface area (Å²) >= 11 is 6.48. The van der Waals surface area contributed by atoms with Gasteiger partial charge in [-0.25, -0.2) is 0 Å². The number of rotatable bonds is 3. The lowest BCUT2D eigenvalue weighted by molar-refractivity contribution is 0.170. The van der Waals surface area contributed by atoms with Gasteiger partial charge in [-0.1, -0.05) is 23.7 Å². The van der Waals surface area contributed by atoms with Crippen LogP contribution in [0.1, 0.15) is 12.0 Å². The fourth-order valence-corrected chi connectivity index (χ4v) is 4.07. The highest BCUT2D eigenvalue weighted by Crippen LogP contribution is 2.27. The lowest BCUT2D eigenvalue weighted by Crippen LogP contribution is -2.49. The number of hydrogen-bond acceptors (Lipinski definition) is 4. The van der Waals surface area contributed by atoms with Gasteiger partial charge in [0.15, 0.2) is 0 Å². The molecule has 2 aromatic rings. The average Bonchev–Trinajstić information content (AvgIpc) is 3.07. The van der Waals surface area contributed by atoms with Gasteiger partial charge in [0.25, 0.3) is 0 Å². The lowest BCUT2D eigenvalue weighted by atomic mass is 10.1. The third kappa shape index (κ3) is 3.68. The second kappa shape index (κ2) is 7.98. The van der Waals surface area contributed by atoms with Crippen molar-refractivity contribution in [3.05, 3.63) is 41.0 Å². The molecule has 0 spiro atoms. The zero-order chi connectivity index (χ0) is 15.6. The molecule has 1 atom stereocenters. The van der Waals surface area contributed by atoms with Crippen molar-refractivity contribution in [1.29, 1.82) is 0 Å². The fourth-order valence-electron chi connectivity index (χ4n) is 3.86. The molecule has 0 amide bonds. The minimum atomic E-state index is 0. The SMILES string of the molecule is Cl.Clc1ccc2cccnc2c1CN1CCC(N2CCNCC2)C1. The number of nitrogens with one attached hydrogen (secondary N) is 1. The normalized spacial score (nSPS) is 22.6. The Hall–Kier alpha value is -0.910. The Labute approximate surface area is 154 Å². The van der Waals surface area contributed by atoms with E-state index in [0.29, 0.717) is 6.04 Å². The van der Waals surface area contributed by atoms with Gasteiger partial charge >= 0.3 is 0 Å². The van der Waals surface area contributed by atoms with Gasteiger partial charge < -0.3 is 5.32 Å². The van der Waals surface area contributed by atoms with Crippen LogP contribution in [0.5, 0.6) is 0 Å². The van der Waals surface area contributed by atoms with E-state index in [1.54, 1.807) is 0 Å². The van der Waals surface area contributed by atoms with Crippen molar-refractivity contribution in [3.8, 4) is 0 Å². The molecule has 2 aliphatic heterocycles. The van der Waals surface area contributed by atoms with Crippen LogP contribution in [0, 0.1) is 0 Å². The van der Waals surface area contributed by atoms with Gasteiger partial charge in [0.05, 0.1) is 5.52 Å². The topological polar surface area (TPSA) is 31.4 Å². The summed E-state index contributed by atoms with van der Waals surface area (Å²) in [6.45, 7) is 7.78. The summed E-state index contributed by atoms with van der Waals surface area (Å²) in [5.41, 5.74) is 2.22. The van der Waals surface area contributed by atoms with E-state index in [4.69, 9.17) is 11.6 Å². The Morgan fingerprint density at radius 1 is 1.17 bits per heavy atom. The van der Waals surface area contributed by atoms with E-state index < -0.39 is 0 Å². The smallest absolute Gasteiger partial charge is 0.0761 e. The molecule has 2 aliphatic rings. The number of piperazine rings is 1. The Morgan fingerprint density at radius 2 is 2.00 bits per heavy atom. The lowest BCUT2D eigenvalue weighted by Gasteiger charge is -2.32. The molecule has 130 valence electrons. The van der Waals surface area contributed by atoms with E-state index >= 15 is 0 Å². The predicted octanol–water partition coefficient (Wildman–Crippen LogP) is 2.79. The summed E-state index contributed by atoms with van der Waals surface area (Å²) in [5, 5.41) is 5.44. The first-order valence-electron chi connectivity index (χ1n) is 8.50. The van der Waals surface area contributed by atoms with Gasteiger partial charge in [-0.05, 0) is 18.6 Å². The Kier molecular flexibility index (Phi) is 5.95. The number of halogens is 2. The third-order valence-corrected chi connectivity index (χ3v) is 5.47. The van der Waals surface area contributed by atoms with Crippen LogP contribution in [0.3, 0.4) is 0 Å². The van der Waals surface area contributed by atoms with Gasteiger partial charge in [0.1, 0.15) is 0 Å². The molecule has 4 rings (SSSR count). The molecule has 2 fully saturated rings. The highest BCUT2D eigenvalue weighted by Gasteiger charge is 2.28. The van der Waals surface area contributed by atoms with Crippen LogP contribution >= 0.6 is 24.0 Å². The number of benzene rings is 1. The van der Waals surface area contributed by atoms with Gasteiger partial charge in [-0.15, -0.1) is 12.4 Å². The zero-order valence-corrected chi connectivity index (χ0v) is 15.3. The van der Waals surface area contributed by atoms with E-state index in [-0.39, 0.29) is 12.4 Å². The Balaban J connectivity index is 0.00000169. The number of pyridine rings is 1. The number of nitrogens with zero attached hydrogens (tertiary/aromatic N) is 3. The molecule has 0 saturated carbocycles. The standard InChI is InChI=1S/C18H23ClN4.ClH/c19-17-4-3-14-2-1-6-21-18(14)16(17)13-22-9-5-15(12-22)23-10-7-20-8-11-23;/h1-4,6,15,20H,5,7-13H2;1H. The van der Waals surface area contributed by atoms with Crippen molar-refractivity contribution in [3.63, 3.8) is 0 Å². The summed E-state index contributed by atoms with van der Waals surface area (Å²) in [4.78, 5) is 9.73. The van der Waals surface area contributed by atoms with E-state index in [1.807, 2.05) is 18.3 Å². The first-order chi connectivity index (χ1) is 11.3. The van der Waals surface area contributed by atoms with Crippen LogP contribution in [-0.4, -0.2) is 60.1 Å². The first kappa shape index (κ1) is 17.9. The molecule has 2 saturated heterocycles. The number of aromatic nitrogens is 1. The molecular weight excluding hydrogens is 343 g/mol. The van der Waals surface area contributed by atoms with Crippen molar-refractivity contribution in [2.75, 3.05) is 39.3 Å². The maximum atomic E-state index is 6.48. The van der Waals surface area contributed by atoms with Gasteiger partial charge in [-0.3, -0.25) is 14.8 Å². The summed E-state index contributed by atoms with van der Waals surface area (Å²) in [6.07, 6.45) is 3.12. The number of likely N-dealkylation sites (tertiary alicyclic amines) is 1. The Morgan fingerprint density at radius 3 is 2.83 bits per heavy atom. The quantitative estimate of drug-likeness (QED) is 0.904. The van der Waals surface area contributed by atoms with Crippen LogP contribution in [0.25, 0.3) is 10.9 Å². The summed E-state index contributed by atoms with van der Waals surface area (Å²) < 4.78 is 0. The molecule has 24 heavy (non-hydrogen) atoms. The van der Waals surface area contributed by atoms with Crippen molar-refractivity contribution >= 4 is 34.9 Å². The monoisotopic (exact) mass is 366 g/mol. The van der Waals surface area contributed by atoms with Crippen LogP contribution in [0.15, 0.2) is 30.5 Å². The molecule has 1 aromatic heterocycles. The van der Waals surface area contributed by atoms with E-state index in [1.165, 1.54) is 30.5 Å². The summed E-state index contributed by atoms with van der Waals surface area (Å²) in [5.74, 6) is 0. The highest BCUT2D eigenvalue weighted by molar-refractivity contribution is 6.32. The highest BCUT2D eigenvalue weighted by atomic mass is 35.5. The largest absolute Gasteiger partial charge is 0.314 e. The fraction of sp³-hybridized carbons (Fsp3) is 0.500. The molecule has 6 heteroatoms. The van der Waals surface area contributed by atoms with Gasteiger partial charge in [-0.2, -0.15) is 0 Å². The summed E-state index contributed by atoms with van der Waals surface area (Å²) in [7, 11) is 0. The van der Waals surface area contributed by atoms with Gasteiger partial charge in [0.2, 0.25) is 0 Å². The second-order valence-electron chi connectivity index (χ2n) is 6.56. The van der Waals surface area contributed by atoms with Gasteiger partial charge in [0, 0.05) is 74.0 Å². The molecule has 1 N–H and O–H groups in total. The van der Waals surface area contributed by atoms with E-state index in [0.717, 1.165) is 43.3 Å². The Bertz CT molecular complexity index is 688. The molecule has 1 aromatic carbocycles. The van der Waals surface area contributed by atoms with Crippen molar-refractivity contribution in [2.45, 2.75) is 19.0 Å². The molecule has 1 unspecified atom stereocenters. The molecule has 0 radical (unpaired) electrons. The van der Waals surface area contributed by atoms with Crippen LogP contribution < -0.4 is 5.32 Å². The van der Waals surface area contributed by atoms with E-state index in [9.17, 15) is 0 Å². The molecular formula is C18H24Cl2N4. The molecule has 3 heterocycles. The minimum Gasteiger partial charge on any atom is -0.314 e. The second-order valence-corrected chi connectivity index (χ2v) is 6.97. The van der Waals surface area contributed by atoms with Crippen LogP contribution in [0.2, 0.25) is 5.02 Å². The number of fused-ring (bicyclic) bond motifs is 1. The third-order valence-electron chi connectivity index (χ3n) is 5.12. The average molecular weight is 367 g/mol. The minimum absolute atomic E-state index is 0. The predicted molar refractivity (Wildman–Crippen MR) is 102 cm³/mol. The van der Waals surface area contributed by atoms with Crippen LogP contribution in [-0.2, 0) is 6.54 Å². The molecule has 4 nitrogen and oxygen atoms in total. The number of hydrogen-bond donors (Lipinski definition) is 1. The zero-order valence-electron chi connectivity index (χ0n) is 13.7. The summed E-state index contributed by atoms with van der Waals surface area (Å²) in [6, 6.07) is 8.84.